The van der Waals surface area contributed by atoms with Crippen LogP contribution in [0.2, 0.25) is 0 Å². The van der Waals surface area contributed by atoms with Gasteiger partial charge in [-0.1, -0.05) is 34.4 Å². The smallest absolute Gasteiger partial charge is 0.115 e. The Bertz CT molecular complexity index is 1820. The molecule has 0 fully saturated rings. The van der Waals surface area contributed by atoms with Crippen LogP contribution in [0.1, 0.15) is 112 Å². The van der Waals surface area contributed by atoms with Gasteiger partial charge in [-0.15, -0.1) is 0 Å². The van der Waals surface area contributed by atoms with Crippen LogP contribution in [0.3, 0.4) is 0 Å². The summed E-state index contributed by atoms with van der Waals surface area (Å²) in [6.45, 7) is 32.3. The molecular weight excluding hydrogens is 829 g/mol. The Balaban J connectivity index is -0.000000694. The van der Waals surface area contributed by atoms with Crippen molar-refractivity contribution in [1.82, 2.24) is 60.0 Å². The summed E-state index contributed by atoms with van der Waals surface area (Å²) in [5.74, 6) is 0. The van der Waals surface area contributed by atoms with Crippen molar-refractivity contribution in [3.8, 4) is 0 Å². The SMILES string of the molecule is C.C.C.Cc1cccnc1C.Cc1cccnc1C.Cc1ccncc1C.Cc1ccncc1C.Cc1cncnc1C.Cc1cncnc1C.Cc1cnncc1C.Cc1nccnc1C. The standard InChI is InChI=1S/4C7H9N.4C6H8N2.3CH4/c2*1-6-3-4-8-5-7(6)2;2*1-6-4-3-5-8-7(6)2;2*1-5-3-7-4-8-6(5)2;1-5-3-7-8-4-6(5)2;1-5-6(2)8-4-3-7-5;;;/h4*3-5H,1-2H3;4*3-4H,1-2H3;3*1H4. The van der Waals surface area contributed by atoms with E-state index >= 15 is 0 Å². The van der Waals surface area contributed by atoms with E-state index in [0.29, 0.717) is 0 Å². The second kappa shape index (κ2) is 37.2. The van der Waals surface area contributed by atoms with E-state index in [1.807, 2.05) is 143 Å². The molecular formula is C55H80N12. The van der Waals surface area contributed by atoms with Gasteiger partial charge in [0, 0.05) is 84.7 Å². The molecule has 0 aromatic carbocycles. The van der Waals surface area contributed by atoms with Crippen LogP contribution >= 0.6 is 0 Å². The predicted molar refractivity (Wildman–Crippen MR) is 281 cm³/mol. The van der Waals surface area contributed by atoms with Crippen molar-refractivity contribution in [3.63, 3.8) is 0 Å². The Morgan fingerprint density at radius 3 is 0.731 bits per heavy atom. The van der Waals surface area contributed by atoms with E-state index in [2.05, 4.69) is 114 Å². The normalized spacial score (nSPS) is 8.84. The molecule has 360 valence electrons. The van der Waals surface area contributed by atoms with Crippen molar-refractivity contribution in [1.29, 1.82) is 0 Å². The topological polar surface area (TPSA) is 155 Å². The van der Waals surface area contributed by atoms with Crippen LogP contribution in [-0.4, -0.2) is 60.0 Å². The number of hydrogen-bond acceptors (Lipinski definition) is 12. The van der Waals surface area contributed by atoms with Gasteiger partial charge in [0.2, 0.25) is 0 Å². The van der Waals surface area contributed by atoms with Crippen molar-refractivity contribution in [2.75, 3.05) is 0 Å². The fraction of sp³-hybridized carbons (Fsp3) is 0.345. The lowest BCUT2D eigenvalue weighted by Gasteiger charge is -1.92. The predicted octanol–water partition coefficient (Wildman–Crippen LogP) is 13.1. The van der Waals surface area contributed by atoms with E-state index in [9.17, 15) is 0 Å². The van der Waals surface area contributed by atoms with E-state index in [1.165, 1.54) is 44.5 Å². The molecule has 67 heavy (non-hydrogen) atoms. The molecule has 0 spiro atoms. The lowest BCUT2D eigenvalue weighted by molar-refractivity contribution is 0.995. The second-order valence-corrected chi connectivity index (χ2v) is 14.9. The molecule has 8 aromatic heterocycles. The van der Waals surface area contributed by atoms with Gasteiger partial charge >= 0.3 is 0 Å². The quantitative estimate of drug-likeness (QED) is 0.142. The number of rotatable bonds is 0. The third kappa shape index (κ3) is 29.2. The van der Waals surface area contributed by atoms with E-state index in [0.717, 1.165) is 45.3 Å². The van der Waals surface area contributed by atoms with Crippen LogP contribution in [0.4, 0.5) is 0 Å². The van der Waals surface area contributed by atoms with E-state index in [-0.39, 0.29) is 22.3 Å². The van der Waals surface area contributed by atoms with Gasteiger partial charge in [0.05, 0.1) is 23.8 Å². The molecule has 8 aromatic rings. The molecule has 12 nitrogen and oxygen atoms in total. The van der Waals surface area contributed by atoms with E-state index in [1.54, 1.807) is 37.4 Å². The van der Waals surface area contributed by atoms with Crippen LogP contribution in [0.15, 0.2) is 123 Å². The molecule has 8 heterocycles. The Morgan fingerprint density at radius 1 is 0.239 bits per heavy atom. The molecule has 0 amide bonds. The highest BCUT2D eigenvalue weighted by atomic mass is 15.1. The fourth-order valence-electron chi connectivity index (χ4n) is 4.06. The van der Waals surface area contributed by atoms with E-state index in [4.69, 9.17) is 0 Å². The highest BCUT2D eigenvalue weighted by Crippen LogP contribution is 2.03. The van der Waals surface area contributed by atoms with Crippen molar-refractivity contribution in [2.45, 2.75) is 133 Å². The maximum absolute atomic E-state index is 4.08. The minimum atomic E-state index is 0. The maximum Gasteiger partial charge on any atom is 0.115 e. The summed E-state index contributed by atoms with van der Waals surface area (Å²) in [4.78, 5) is 39.7. The molecule has 0 atom stereocenters. The van der Waals surface area contributed by atoms with Gasteiger partial charge in [0.25, 0.3) is 0 Å². The van der Waals surface area contributed by atoms with Crippen molar-refractivity contribution < 1.29 is 0 Å². The maximum atomic E-state index is 4.08. The largest absolute Gasteiger partial charge is 0.264 e. The lowest BCUT2D eigenvalue weighted by Crippen LogP contribution is -1.87. The molecule has 0 radical (unpaired) electrons. The Hall–Kier alpha value is -7.08. The average molecular weight is 909 g/mol. The monoisotopic (exact) mass is 909 g/mol. The highest BCUT2D eigenvalue weighted by molar-refractivity contribution is 5.20. The Labute approximate surface area is 404 Å². The number of aromatic nitrogens is 12. The summed E-state index contributed by atoms with van der Waals surface area (Å²) in [5.41, 5.74) is 18.7. The molecule has 0 saturated carbocycles. The Morgan fingerprint density at radius 2 is 0.537 bits per heavy atom. The fourth-order valence-corrected chi connectivity index (χ4v) is 4.06. The third-order valence-electron chi connectivity index (χ3n) is 9.78. The number of hydrogen-bond donors (Lipinski definition) is 0. The van der Waals surface area contributed by atoms with Gasteiger partial charge in [-0.05, 0) is 191 Å². The zero-order valence-corrected chi connectivity index (χ0v) is 40.9. The van der Waals surface area contributed by atoms with Crippen molar-refractivity contribution >= 4 is 0 Å². The van der Waals surface area contributed by atoms with Crippen LogP contribution < -0.4 is 0 Å². The van der Waals surface area contributed by atoms with Gasteiger partial charge in [-0.25, -0.2) is 19.9 Å². The number of nitrogens with zero attached hydrogens (tertiary/aromatic N) is 12. The van der Waals surface area contributed by atoms with Crippen LogP contribution in [0.25, 0.3) is 0 Å². The van der Waals surface area contributed by atoms with Crippen LogP contribution in [0.5, 0.6) is 0 Å². The summed E-state index contributed by atoms with van der Waals surface area (Å²) in [7, 11) is 0. The summed E-state index contributed by atoms with van der Waals surface area (Å²) < 4.78 is 0. The minimum absolute atomic E-state index is 0. The third-order valence-corrected chi connectivity index (χ3v) is 9.78. The van der Waals surface area contributed by atoms with Gasteiger partial charge < -0.3 is 0 Å². The van der Waals surface area contributed by atoms with E-state index < -0.39 is 0 Å². The van der Waals surface area contributed by atoms with Gasteiger partial charge in [0.15, 0.2) is 0 Å². The first-order valence-corrected chi connectivity index (χ1v) is 20.9. The first kappa shape index (κ1) is 64.2. The molecule has 0 N–H and O–H groups in total. The molecule has 0 aliphatic rings. The highest BCUT2D eigenvalue weighted by Gasteiger charge is 1.91. The van der Waals surface area contributed by atoms with Crippen molar-refractivity contribution in [3.05, 3.63) is 213 Å². The summed E-state index contributed by atoms with van der Waals surface area (Å²) in [5, 5.41) is 7.39. The molecule has 0 aliphatic heterocycles. The summed E-state index contributed by atoms with van der Waals surface area (Å²) in [6, 6.07) is 12.0. The molecule has 12 heteroatoms. The molecule has 0 aliphatic carbocycles. The molecule has 0 bridgehead atoms. The van der Waals surface area contributed by atoms with Crippen molar-refractivity contribution in [2.24, 2.45) is 0 Å². The molecule has 0 unspecified atom stereocenters. The first-order valence-electron chi connectivity index (χ1n) is 20.9. The van der Waals surface area contributed by atoms with Gasteiger partial charge in [-0.3, -0.25) is 29.9 Å². The zero-order valence-electron chi connectivity index (χ0n) is 40.9. The molecule has 8 rings (SSSR count). The lowest BCUT2D eigenvalue weighted by atomic mass is 10.2. The minimum Gasteiger partial charge on any atom is -0.264 e. The number of pyridine rings is 4. The summed E-state index contributed by atoms with van der Waals surface area (Å²) in [6.07, 6.45) is 24.6. The first-order chi connectivity index (χ1) is 30.4. The average Bonchev–Trinajstić information content (AvgIpc) is 3.28. The van der Waals surface area contributed by atoms with Gasteiger partial charge in [0.1, 0.15) is 12.7 Å². The summed E-state index contributed by atoms with van der Waals surface area (Å²) >= 11 is 0. The second-order valence-electron chi connectivity index (χ2n) is 14.9. The number of aryl methyl sites for hydroxylation is 16. The Kier molecular flexibility index (Phi) is 35.6. The van der Waals surface area contributed by atoms with Gasteiger partial charge in [-0.2, -0.15) is 10.2 Å². The zero-order chi connectivity index (χ0) is 47.9. The van der Waals surface area contributed by atoms with Crippen LogP contribution in [0, 0.1) is 111 Å². The van der Waals surface area contributed by atoms with Crippen LogP contribution in [-0.2, 0) is 0 Å². The molecule has 0 saturated heterocycles.